The molecule has 116 valence electrons. The number of allylic oxidation sites excluding steroid dienone is 2. The molecular weight excluding hydrogens is 264 g/mol. The van der Waals surface area contributed by atoms with Gasteiger partial charge < -0.3 is 9.47 Å². The van der Waals surface area contributed by atoms with E-state index in [0.717, 1.165) is 22.4 Å². The molecule has 0 fully saturated rings. The van der Waals surface area contributed by atoms with Gasteiger partial charge in [0.2, 0.25) is 0 Å². The first-order valence-corrected chi connectivity index (χ1v) is 7.08. The Hall–Kier alpha value is -2.03. The van der Waals surface area contributed by atoms with Gasteiger partial charge in [0.15, 0.2) is 5.78 Å². The lowest BCUT2D eigenvalue weighted by molar-refractivity contribution is -0.119. The van der Waals surface area contributed by atoms with Crippen molar-refractivity contribution in [3.63, 3.8) is 0 Å². The molecule has 0 saturated heterocycles. The van der Waals surface area contributed by atoms with E-state index in [2.05, 4.69) is 6.58 Å². The van der Waals surface area contributed by atoms with Gasteiger partial charge in [-0.2, -0.15) is 0 Å². The molecule has 0 amide bonds. The van der Waals surface area contributed by atoms with Crippen molar-refractivity contribution in [2.24, 2.45) is 0 Å². The third-order valence-electron chi connectivity index (χ3n) is 2.52. The van der Waals surface area contributed by atoms with Gasteiger partial charge in [-0.15, -0.1) is 0 Å². The molecule has 3 nitrogen and oxygen atoms in total. The van der Waals surface area contributed by atoms with Crippen molar-refractivity contribution in [1.29, 1.82) is 0 Å². The molecule has 0 bridgehead atoms. The van der Waals surface area contributed by atoms with Crippen LogP contribution in [0.1, 0.15) is 38.8 Å². The summed E-state index contributed by atoms with van der Waals surface area (Å²) in [5, 5.41) is 0. The highest BCUT2D eigenvalue weighted by molar-refractivity contribution is 5.78. The Morgan fingerprint density at radius 2 is 1.90 bits per heavy atom. The first kappa shape index (κ1) is 19.0. The maximum atomic E-state index is 11.1. The van der Waals surface area contributed by atoms with Gasteiger partial charge in [-0.05, 0) is 44.5 Å². The molecule has 0 heterocycles. The minimum absolute atomic E-state index is 0.0202. The van der Waals surface area contributed by atoms with Gasteiger partial charge in [0.25, 0.3) is 0 Å². The zero-order chi connectivity index (χ0) is 16.4. The van der Waals surface area contributed by atoms with Gasteiger partial charge in [0.1, 0.15) is 18.1 Å². The molecule has 0 aliphatic heterocycles. The molecule has 0 spiro atoms. The largest absolute Gasteiger partial charge is 0.497 e. The quantitative estimate of drug-likeness (QED) is 0.569. The Balaban J connectivity index is 0.00000191. The number of Topliss-reactive ketones (excluding diaryl/α,β-unsaturated/α-hetero) is 1. The molecule has 0 aliphatic carbocycles. The van der Waals surface area contributed by atoms with Gasteiger partial charge in [0, 0.05) is 5.56 Å². The highest BCUT2D eigenvalue weighted by Gasteiger charge is 2.09. The number of methoxy groups -OCH3 is 1. The predicted molar refractivity (Wildman–Crippen MR) is 88.5 cm³/mol. The van der Waals surface area contributed by atoms with Crippen LogP contribution in [0.4, 0.5) is 0 Å². The number of ketones is 1. The lowest BCUT2D eigenvalue weighted by Gasteiger charge is -2.13. The number of hydrogen-bond donors (Lipinski definition) is 0. The lowest BCUT2D eigenvalue weighted by Crippen LogP contribution is -2.04. The molecule has 0 aliphatic rings. The summed E-state index contributed by atoms with van der Waals surface area (Å²) in [6, 6.07) is 5.74. The van der Waals surface area contributed by atoms with Crippen molar-refractivity contribution in [3.05, 3.63) is 47.6 Å². The molecule has 0 aromatic heterocycles. The SMILES string of the molecule is C=C(C)/C=C(/OCC(C)=O)c1cc(OC)ccc1C.CC. The van der Waals surface area contributed by atoms with Crippen LogP contribution in [0, 0.1) is 6.92 Å². The van der Waals surface area contributed by atoms with E-state index in [1.54, 1.807) is 7.11 Å². The molecule has 1 aromatic carbocycles. The number of benzene rings is 1. The molecular formula is C18H26O3. The van der Waals surface area contributed by atoms with E-state index in [-0.39, 0.29) is 12.4 Å². The minimum atomic E-state index is -0.0202. The highest BCUT2D eigenvalue weighted by atomic mass is 16.5. The fourth-order valence-electron chi connectivity index (χ4n) is 1.59. The van der Waals surface area contributed by atoms with Crippen molar-refractivity contribution in [2.75, 3.05) is 13.7 Å². The number of ether oxygens (including phenoxy) is 2. The fourth-order valence-corrected chi connectivity index (χ4v) is 1.59. The van der Waals surface area contributed by atoms with Crippen molar-refractivity contribution >= 4 is 11.5 Å². The highest BCUT2D eigenvalue weighted by Crippen LogP contribution is 2.25. The molecule has 1 aromatic rings. The molecule has 1 rings (SSSR count). The van der Waals surface area contributed by atoms with Crippen LogP contribution in [0.25, 0.3) is 5.76 Å². The van der Waals surface area contributed by atoms with E-state index in [1.807, 2.05) is 52.0 Å². The average Bonchev–Trinajstić information content (AvgIpc) is 2.46. The van der Waals surface area contributed by atoms with Gasteiger partial charge in [-0.25, -0.2) is 0 Å². The Morgan fingerprint density at radius 1 is 1.29 bits per heavy atom. The predicted octanol–water partition coefficient (Wildman–Crippen LogP) is 4.55. The minimum Gasteiger partial charge on any atom is -0.497 e. The van der Waals surface area contributed by atoms with E-state index in [4.69, 9.17) is 9.47 Å². The van der Waals surface area contributed by atoms with E-state index in [1.165, 1.54) is 6.92 Å². The second-order valence-corrected chi connectivity index (χ2v) is 4.53. The normalized spacial score (nSPS) is 10.3. The molecule has 21 heavy (non-hydrogen) atoms. The zero-order valence-electron chi connectivity index (χ0n) is 13.9. The molecule has 3 heteroatoms. The Kier molecular flexibility index (Phi) is 8.86. The maximum Gasteiger partial charge on any atom is 0.167 e. The summed E-state index contributed by atoms with van der Waals surface area (Å²) in [7, 11) is 1.62. The lowest BCUT2D eigenvalue weighted by atomic mass is 10.1. The Bertz CT molecular complexity index is 513. The van der Waals surface area contributed by atoms with Crippen LogP contribution < -0.4 is 4.74 Å². The summed E-state index contributed by atoms with van der Waals surface area (Å²) < 4.78 is 10.8. The second-order valence-electron chi connectivity index (χ2n) is 4.53. The summed E-state index contributed by atoms with van der Waals surface area (Å²) in [4.78, 5) is 11.1. The van der Waals surface area contributed by atoms with E-state index in [9.17, 15) is 4.79 Å². The van der Waals surface area contributed by atoms with Crippen LogP contribution in [0.5, 0.6) is 5.75 Å². The third kappa shape index (κ3) is 6.80. The Morgan fingerprint density at radius 3 is 2.38 bits per heavy atom. The number of carbonyl (C=O) groups excluding carboxylic acids is 1. The molecule has 0 atom stereocenters. The van der Waals surface area contributed by atoms with Crippen LogP contribution in [-0.2, 0) is 9.53 Å². The monoisotopic (exact) mass is 290 g/mol. The van der Waals surface area contributed by atoms with E-state index >= 15 is 0 Å². The number of aryl methyl sites for hydroxylation is 1. The van der Waals surface area contributed by atoms with Crippen LogP contribution in [0.15, 0.2) is 36.4 Å². The van der Waals surface area contributed by atoms with Crippen LogP contribution >= 0.6 is 0 Å². The standard InChI is InChI=1S/C16H20O3.C2H6/c1-11(2)8-16(19-10-13(4)17)15-9-14(18-5)7-6-12(15)3;1-2/h6-9H,1,10H2,2-5H3;1-2H3/b16-8+;. The van der Waals surface area contributed by atoms with Crippen LogP contribution in [-0.4, -0.2) is 19.5 Å². The number of carbonyl (C=O) groups is 1. The van der Waals surface area contributed by atoms with Crippen molar-refractivity contribution in [1.82, 2.24) is 0 Å². The molecule has 0 saturated carbocycles. The third-order valence-corrected chi connectivity index (χ3v) is 2.52. The first-order chi connectivity index (χ1) is 9.93. The molecule has 0 unspecified atom stereocenters. The second kappa shape index (κ2) is 9.81. The van der Waals surface area contributed by atoms with Gasteiger partial charge in [0.05, 0.1) is 7.11 Å². The van der Waals surface area contributed by atoms with Crippen molar-refractivity contribution < 1.29 is 14.3 Å². The molecule has 0 radical (unpaired) electrons. The van der Waals surface area contributed by atoms with Crippen LogP contribution in [0.2, 0.25) is 0 Å². The topological polar surface area (TPSA) is 35.5 Å². The van der Waals surface area contributed by atoms with Crippen molar-refractivity contribution in [3.8, 4) is 5.75 Å². The first-order valence-electron chi connectivity index (χ1n) is 7.08. The van der Waals surface area contributed by atoms with Crippen molar-refractivity contribution in [2.45, 2.75) is 34.6 Å². The number of rotatable bonds is 6. The average molecular weight is 290 g/mol. The van der Waals surface area contributed by atoms with Gasteiger partial charge in [-0.3, -0.25) is 4.79 Å². The number of hydrogen-bond acceptors (Lipinski definition) is 3. The molecule has 0 N–H and O–H groups in total. The zero-order valence-corrected chi connectivity index (χ0v) is 13.9. The summed E-state index contributed by atoms with van der Waals surface area (Å²) in [6.07, 6.45) is 1.82. The van der Waals surface area contributed by atoms with Crippen LogP contribution in [0.3, 0.4) is 0 Å². The summed E-state index contributed by atoms with van der Waals surface area (Å²) in [5.41, 5.74) is 2.82. The Labute approximate surface area is 128 Å². The fraction of sp³-hybridized carbons (Fsp3) is 0.389. The van der Waals surface area contributed by atoms with Gasteiger partial charge in [-0.1, -0.05) is 32.1 Å². The summed E-state index contributed by atoms with van der Waals surface area (Å²) in [5.74, 6) is 1.37. The maximum absolute atomic E-state index is 11.1. The van der Waals surface area contributed by atoms with Gasteiger partial charge >= 0.3 is 0 Å². The summed E-state index contributed by atoms with van der Waals surface area (Å²) in [6.45, 7) is 13.3. The van der Waals surface area contributed by atoms with E-state index < -0.39 is 0 Å². The summed E-state index contributed by atoms with van der Waals surface area (Å²) >= 11 is 0. The smallest absolute Gasteiger partial charge is 0.167 e. The van der Waals surface area contributed by atoms with E-state index in [0.29, 0.717) is 5.76 Å².